The van der Waals surface area contributed by atoms with Crippen LogP contribution in [0.15, 0.2) is 41.4 Å². The SMILES string of the molecule is CN(C)c1ccc(S(=O)(=O)N2CCC(Nc3nc(N)c(Cc4c(F)cccc4F)s3)CC2)cn1. The van der Waals surface area contributed by atoms with E-state index in [0.717, 1.165) is 0 Å². The van der Waals surface area contributed by atoms with Crippen molar-refractivity contribution < 1.29 is 17.2 Å². The van der Waals surface area contributed by atoms with E-state index in [1.807, 2.05) is 14.1 Å². The molecule has 0 bridgehead atoms. The summed E-state index contributed by atoms with van der Waals surface area (Å²) in [4.78, 5) is 11.0. The van der Waals surface area contributed by atoms with E-state index in [-0.39, 0.29) is 28.7 Å². The van der Waals surface area contributed by atoms with Crippen molar-refractivity contribution in [1.82, 2.24) is 14.3 Å². The lowest BCUT2D eigenvalue weighted by atomic mass is 10.1. The van der Waals surface area contributed by atoms with Crippen LogP contribution < -0.4 is 16.0 Å². The second-order valence-electron chi connectivity index (χ2n) is 8.27. The number of halogens is 2. The molecule has 4 rings (SSSR count). The van der Waals surface area contributed by atoms with Gasteiger partial charge in [0.15, 0.2) is 5.13 Å². The summed E-state index contributed by atoms with van der Waals surface area (Å²) in [6, 6.07) is 6.99. The Bertz CT molecular complexity index is 1240. The number of sulfonamides is 1. The van der Waals surface area contributed by atoms with E-state index in [4.69, 9.17) is 5.73 Å². The minimum atomic E-state index is -3.63. The van der Waals surface area contributed by atoms with Crippen LogP contribution in [-0.2, 0) is 16.4 Å². The molecule has 1 aliphatic rings. The zero-order valence-electron chi connectivity index (χ0n) is 18.8. The number of nitrogens with two attached hydrogens (primary N) is 1. The molecule has 12 heteroatoms. The molecular formula is C22H26F2N6O2S2. The Hall–Kier alpha value is -2.83. The summed E-state index contributed by atoms with van der Waals surface area (Å²) < 4.78 is 55.4. The molecule has 0 spiro atoms. The molecule has 0 amide bonds. The van der Waals surface area contributed by atoms with Crippen molar-refractivity contribution >= 4 is 38.1 Å². The summed E-state index contributed by atoms with van der Waals surface area (Å²) in [5.74, 6) is -0.338. The van der Waals surface area contributed by atoms with Gasteiger partial charge in [-0.25, -0.2) is 27.2 Å². The van der Waals surface area contributed by atoms with Crippen molar-refractivity contribution in [3.8, 4) is 0 Å². The van der Waals surface area contributed by atoms with Gasteiger partial charge in [-0.05, 0) is 37.1 Å². The molecule has 0 radical (unpaired) electrons. The first-order chi connectivity index (χ1) is 16.1. The molecule has 8 nitrogen and oxygen atoms in total. The highest BCUT2D eigenvalue weighted by Crippen LogP contribution is 2.31. The Morgan fingerprint density at radius 1 is 1.18 bits per heavy atom. The number of nitrogens with one attached hydrogen (secondary N) is 1. The molecule has 1 aromatic carbocycles. The molecule has 0 atom stereocenters. The number of pyridine rings is 1. The second kappa shape index (κ2) is 9.80. The Balaban J connectivity index is 1.37. The van der Waals surface area contributed by atoms with Crippen molar-refractivity contribution in [2.75, 3.05) is 43.1 Å². The second-order valence-corrected chi connectivity index (χ2v) is 11.3. The highest BCUT2D eigenvalue weighted by atomic mass is 32.2. The molecule has 3 heterocycles. The van der Waals surface area contributed by atoms with Gasteiger partial charge in [0.1, 0.15) is 28.2 Å². The molecule has 3 aromatic rings. The van der Waals surface area contributed by atoms with Gasteiger partial charge in [-0.15, -0.1) is 0 Å². The zero-order valence-corrected chi connectivity index (χ0v) is 20.5. The molecule has 1 fully saturated rings. The maximum absolute atomic E-state index is 14.0. The third-order valence-electron chi connectivity index (χ3n) is 5.72. The smallest absolute Gasteiger partial charge is 0.244 e. The lowest BCUT2D eigenvalue weighted by Gasteiger charge is -2.31. The van der Waals surface area contributed by atoms with E-state index < -0.39 is 21.7 Å². The van der Waals surface area contributed by atoms with Crippen LogP contribution in [0.5, 0.6) is 0 Å². The number of hydrogen-bond donors (Lipinski definition) is 2. The summed E-state index contributed by atoms with van der Waals surface area (Å²) in [5.41, 5.74) is 5.94. The Labute approximate surface area is 201 Å². The van der Waals surface area contributed by atoms with E-state index in [0.29, 0.717) is 41.8 Å². The highest BCUT2D eigenvalue weighted by Gasteiger charge is 2.30. The first-order valence-corrected chi connectivity index (χ1v) is 13.0. The van der Waals surface area contributed by atoms with Crippen molar-refractivity contribution in [2.45, 2.75) is 30.2 Å². The quantitative estimate of drug-likeness (QED) is 0.505. The lowest BCUT2D eigenvalue weighted by Crippen LogP contribution is -2.42. The van der Waals surface area contributed by atoms with Crippen LogP contribution in [0.3, 0.4) is 0 Å². The minimum Gasteiger partial charge on any atom is -0.383 e. The number of nitrogens with zero attached hydrogens (tertiary/aromatic N) is 4. The van der Waals surface area contributed by atoms with Crippen LogP contribution in [0.25, 0.3) is 0 Å². The van der Waals surface area contributed by atoms with Gasteiger partial charge < -0.3 is 16.0 Å². The molecule has 0 unspecified atom stereocenters. The van der Waals surface area contributed by atoms with Gasteiger partial charge in [0.2, 0.25) is 10.0 Å². The van der Waals surface area contributed by atoms with E-state index in [2.05, 4.69) is 15.3 Å². The first kappa shape index (κ1) is 24.3. The Morgan fingerprint density at radius 3 is 2.44 bits per heavy atom. The number of hydrogen-bond acceptors (Lipinski definition) is 8. The fourth-order valence-corrected chi connectivity index (χ4v) is 6.15. The number of anilines is 3. The van der Waals surface area contributed by atoms with E-state index in [9.17, 15) is 17.2 Å². The van der Waals surface area contributed by atoms with E-state index in [1.54, 1.807) is 17.0 Å². The van der Waals surface area contributed by atoms with Gasteiger partial charge in [0, 0.05) is 51.4 Å². The Kier molecular flexibility index (Phi) is 7.01. The number of thiazole rings is 1. The third-order valence-corrected chi connectivity index (χ3v) is 8.61. The molecule has 3 N–H and O–H groups in total. The summed E-state index contributed by atoms with van der Waals surface area (Å²) in [5, 5.41) is 3.84. The molecule has 2 aromatic heterocycles. The number of rotatable bonds is 7. The van der Waals surface area contributed by atoms with Crippen molar-refractivity contribution in [2.24, 2.45) is 0 Å². The molecule has 182 valence electrons. The van der Waals surface area contributed by atoms with Gasteiger partial charge in [-0.2, -0.15) is 4.31 Å². The molecule has 1 saturated heterocycles. The normalized spacial score (nSPS) is 15.4. The number of nitrogen functional groups attached to an aromatic ring is 1. The van der Waals surface area contributed by atoms with Crippen molar-refractivity contribution in [3.63, 3.8) is 0 Å². The fourth-order valence-electron chi connectivity index (χ4n) is 3.77. The lowest BCUT2D eigenvalue weighted by molar-refractivity contribution is 0.329. The van der Waals surface area contributed by atoms with Crippen LogP contribution in [0, 0.1) is 11.6 Å². The van der Waals surface area contributed by atoms with E-state index >= 15 is 0 Å². The molecular weight excluding hydrogens is 482 g/mol. The average Bonchev–Trinajstić information content (AvgIpc) is 3.15. The van der Waals surface area contributed by atoms with Gasteiger partial charge in [-0.1, -0.05) is 17.4 Å². The predicted molar refractivity (Wildman–Crippen MR) is 130 cm³/mol. The highest BCUT2D eigenvalue weighted by molar-refractivity contribution is 7.89. The van der Waals surface area contributed by atoms with Gasteiger partial charge >= 0.3 is 0 Å². The topological polar surface area (TPSA) is 104 Å². The molecule has 0 aliphatic carbocycles. The average molecular weight is 509 g/mol. The summed E-state index contributed by atoms with van der Waals surface area (Å²) in [7, 11) is 0.0520. The van der Waals surface area contributed by atoms with Crippen LogP contribution in [0.4, 0.5) is 25.5 Å². The largest absolute Gasteiger partial charge is 0.383 e. The number of benzene rings is 1. The van der Waals surface area contributed by atoms with Crippen LogP contribution >= 0.6 is 11.3 Å². The van der Waals surface area contributed by atoms with E-state index in [1.165, 1.54) is 40.0 Å². The van der Waals surface area contributed by atoms with Gasteiger partial charge in [0.05, 0.1) is 4.88 Å². The predicted octanol–water partition coefficient (Wildman–Crippen LogP) is 3.32. The maximum Gasteiger partial charge on any atom is 0.244 e. The molecule has 34 heavy (non-hydrogen) atoms. The molecule has 0 saturated carbocycles. The number of aromatic nitrogens is 2. The Morgan fingerprint density at radius 2 is 1.85 bits per heavy atom. The van der Waals surface area contributed by atoms with Crippen LogP contribution in [0.1, 0.15) is 23.3 Å². The minimum absolute atomic E-state index is 0.00397. The van der Waals surface area contributed by atoms with Crippen molar-refractivity contribution in [3.05, 3.63) is 58.6 Å². The summed E-state index contributed by atoms with van der Waals surface area (Å²) >= 11 is 1.25. The van der Waals surface area contributed by atoms with Crippen LogP contribution in [0.2, 0.25) is 0 Å². The van der Waals surface area contributed by atoms with Gasteiger partial charge in [0.25, 0.3) is 0 Å². The monoisotopic (exact) mass is 508 g/mol. The van der Waals surface area contributed by atoms with Crippen LogP contribution in [-0.4, -0.2) is 55.9 Å². The fraction of sp³-hybridized carbons (Fsp3) is 0.364. The van der Waals surface area contributed by atoms with Gasteiger partial charge in [-0.3, -0.25) is 0 Å². The first-order valence-electron chi connectivity index (χ1n) is 10.7. The summed E-state index contributed by atoms with van der Waals surface area (Å²) in [6.45, 7) is 0.702. The number of piperidine rings is 1. The van der Waals surface area contributed by atoms with Crippen molar-refractivity contribution in [1.29, 1.82) is 0 Å². The summed E-state index contributed by atoms with van der Waals surface area (Å²) in [6.07, 6.45) is 2.56. The zero-order chi connectivity index (χ0) is 24.5. The standard InChI is InChI=1S/C22H26F2N6O2S2/c1-29(2)20-7-6-15(13-26-20)34(31,32)30-10-8-14(9-11-30)27-22-28-21(25)19(33-22)12-16-17(23)4-3-5-18(16)24/h3-7,13-14H,8-12,25H2,1-2H3,(H,27,28). The third kappa shape index (κ3) is 5.13. The molecule has 1 aliphatic heterocycles. The maximum atomic E-state index is 14.0.